The van der Waals surface area contributed by atoms with Crippen molar-refractivity contribution < 1.29 is 0 Å². The number of rotatable bonds is 2. The summed E-state index contributed by atoms with van der Waals surface area (Å²) in [6.07, 6.45) is 0. The Balaban J connectivity index is 2.32. The largest absolute Gasteiger partial charge is 0.354 e. The van der Waals surface area contributed by atoms with Crippen molar-refractivity contribution >= 4 is 11.4 Å². The van der Waals surface area contributed by atoms with Gasteiger partial charge in [-0.3, -0.25) is 0 Å². The third-order valence-corrected chi connectivity index (χ3v) is 2.68. The van der Waals surface area contributed by atoms with E-state index in [2.05, 4.69) is 17.5 Å². The van der Waals surface area contributed by atoms with E-state index in [0.29, 0.717) is 11.1 Å². The van der Waals surface area contributed by atoms with Crippen molar-refractivity contribution in [3.8, 4) is 12.1 Å². The van der Waals surface area contributed by atoms with Crippen LogP contribution in [0.2, 0.25) is 0 Å². The van der Waals surface area contributed by atoms with Gasteiger partial charge in [0.15, 0.2) is 0 Å². The average Bonchev–Trinajstić information content (AvgIpc) is 2.40. The molecule has 0 unspecified atom stereocenters. The fourth-order valence-corrected chi connectivity index (χ4v) is 1.70. The maximum atomic E-state index is 9.13. The molecule has 0 saturated carbocycles. The molecule has 0 aliphatic heterocycles. The van der Waals surface area contributed by atoms with Gasteiger partial charge in [-0.05, 0) is 42.8 Å². The summed E-state index contributed by atoms with van der Waals surface area (Å²) in [4.78, 5) is 0. The van der Waals surface area contributed by atoms with Crippen molar-refractivity contribution in [3.05, 3.63) is 59.2 Å². The third-order valence-electron chi connectivity index (χ3n) is 2.68. The first-order valence-corrected chi connectivity index (χ1v) is 5.51. The molecule has 0 heterocycles. The van der Waals surface area contributed by atoms with Gasteiger partial charge < -0.3 is 5.32 Å². The number of nitrogens with one attached hydrogen (secondary N) is 1. The SMILES string of the molecule is Cc1cccc(Nc2ccc(C#N)cc2)c1C#N. The van der Waals surface area contributed by atoms with Crippen molar-refractivity contribution in [2.24, 2.45) is 0 Å². The molecule has 0 bridgehead atoms. The molecular weight excluding hydrogens is 222 g/mol. The Bertz CT molecular complexity index is 643. The Morgan fingerprint density at radius 3 is 2.28 bits per heavy atom. The molecule has 0 aliphatic rings. The van der Waals surface area contributed by atoms with Gasteiger partial charge in [-0.15, -0.1) is 0 Å². The summed E-state index contributed by atoms with van der Waals surface area (Å²) in [5.41, 5.74) is 3.83. The monoisotopic (exact) mass is 233 g/mol. The standard InChI is InChI=1S/C15H11N3/c1-11-3-2-4-15(14(11)10-17)18-13-7-5-12(9-16)6-8-13/h2-8,18H,1H3. The summed E-state index contributed by atoms with van der Waals surface area (Å²) in [6, 6.07) is 17.1. The van der Waals surface area contributed by atoms with Gasteiger partial charge in [0, 0.05) is 5.69 Å². The van der Waals surface area contributed by atoms with Crippen LogP contribution in [0, 0.1) is 29.6 Å². The summed E-state index contributed by atoms with van der Waals surface area (Å²) in [6.45, 7) is 1.91. The molecule has 0 aromatic heterocycles. The number of anilines is 2. The van der Waals surface area contributed by atoms with Gasteiger partial charge in [-0.25, -0.2) is 0 Å². The summed E-state index contributed by atoms with van der Waals surface area (Å²) in [7, 11) is 0. The van der Waals surface area contributed by atoms with Crippen molar-refractivity contribution in [2.75, 3.05) is 5.32 Å². The minimum atomic E-state index is 0.616. The second kappa shape index (κ2) is 5.03. The number of hydrogen-bond acceptors (Lipinski definition) is 3. The molecule has 2 rings (SSSR count). The Labute approximate surface area is 106 Å². The second-order valence-electron chi connectivity index (χ2n) is 3.92. The predicted molar refractivity (Wildman–Crippen MR) is 70.3 cm³/mol. The van der Waals surface area contributed by atoms with E-state index in [-0.39, 0.29) is 0 Å². The van der Waals surface area contributed by atoms with Crippen LogP contribution in [0.3, 0.4) is 0 Å². The highest BCUT2D eigenvalue weighted by Gasteiger charge is 2.04. The number of benzene rings is 2. The molecule has 86 valence electrons. The minimum Gasteiger partial charge on any atom is -0.354 e. The summed E-state index contributed by atoms with van der Waals surface area (Å²) in [5.74, 6) is 0. The summed E-state index contributed by atoms with van der Waals surface area (Å²) < 4.78 is 0. The fraction of sp³-hybridized carbons (Fsp3) is 0.0667. The Morgan fingerprint density at radius 2 is 1.67 bits per heavy atom. The van der Waals surface area contributed by atoms with Crippen LogP contribution in [0.5, 0.6) is 0 Å². The molecule has 0 saturated heterocycles. The van der Waals surface area contributed by atoms with Crippen LogP contribution >= 0.6 is 0 Å². The first-order valence-electron chi connectivity index (χ1n) is 5.51. The maximum absolute atomic E-state index is 9.13. The lowest BCUT2D eigenvalue weighted by atomic mass is 10.1. The Hall–Kier alpha value is -2.78. The van der Waals surface area contributed by atoms with Crippen LogP contribution in [-0.2, 0) is 0 Å². The van der Waals surface area contributed by atoms with E-state index >= 15 is 0 Å². The van der Waals surface area contributed by atoms with Crippen LogP contribution in [0.25, 0.3) is 0 Å². The average molecular weight is 233 g/mol. The normalized spacial score (nSPS) is 9.28. The molecule has 2 aromatic carbocycles. The smallest absolute Gasteiger partial charge is 0.102 e. The van der Waals surface area contributed by atoms with Crippen molar-refractivity contribution in [3.63, 3.8) is 0 Å². The molecule has 3 nitrogen and oxygen atoms in total. The molecule has 3 heteroatoms. The Morgan fingerprint density at radius 1 is 0.944 bits per heavy atom. The van der Waals surface area contributed by atoms with Gasteiger partial charge in [0.25, 0.3) is 0 Å². The Kier molecular flexibility index (Phi) is 3.27. The maximum Gasteiger partial charge on any atom is 0.102 e. The first-order chi connectivity index (χ1) is 8.74. The van der Waals surface area contributed by atoms with Crippen LogP contribution < -0.4 is 5.32 Å². The third kappa shape index (κ3) is 2.31. The van der Waals surface area contributed by atoms with Gasteiger partial charge in [-0.1, -0.05) is 12.1 Å². The molecule has 1 N–H and O–H groups in total. The van der Waals surface area contributed by atoms with Crippen LogP contribution in [0.4, 0.5) is 11.4 Å². The zero-order valence-corrected chi connectivity index (χ0v) is 9.94. The minimum absolute atomic E-state index is 0.616. The highest BCUT2D eigenvalue weighted by molar-refractivity contribution is 5.68. The van der Waals surface area contributed by atoms with Gasteiger partial charge in [-0.2, -0.15) is 10.5 Å². The molecule has 2 aromatic rings. The zero-order chi connectivity index (χ0) is 13.0. The molecule has 0 atom stereocenters. The molecule has 0 aliphatic carbocycles. The van der Waals surface area contributed by atoms with E-state index in [1.807, 2.05) is 37.3 Å². The number of hydrogen-bond donors (Lipinski definition) is 1. The molecule has 0 amide bonds. The van der Waals surface area contributed by atoms with Gasteiger partial charge in [0.2, 0.25) is 0 Å². The van der Waals surface area contributed by atoms with E-state index in [1.54, 1.807) is 12.1 Å². The molecule has 0 spiro atoms. The number of nitriles is 2. The summed E-state index contributed by atoms with van der Waals surface area (Å²) >= 11 is 0. The molecular formula is C15H11N3. The predicted octanol–water partition coefficient (Wildman–Crippen LogP) is 3.48. The van der Waals surface area contributed by atoms with Gasteiger partial charge in [0.1, 0.15) is 6.07 Å². The highest BCUT2D eigenvalue weighted by Crippen LogP contribution is 2.23. The quantitative estimate of drug-likeness (QED) is 0.863. The number of nitrogens with zero attached hydrogens (tertiary/aromatic N) is 2. The lowest BCUT2D eigenvalue weighted by molar-refractivity contribution is 1.38. The van der Waals surface area contributed by atoms with Gasteiger partial charge >= 0.3 is 0 Å². The molecule has 18 heavy (non-hydrogen) atoms. The van der Waals surface area contributed by atoms with E-state index < -0.39 is 0 Å². The topological polar surface area (TPSA) is 59.6 Å². The van der Waals surface area contributed by atoms with Crippen molar-refractivity contribution in [2.45, 2.75) is 6.92 Å². The zero-order valence-electron chi connectivity index (χ0n) is 9.94. The lowest BCUT2D eigenvalue weighted by Crippen LogP contribution is -1.95. The van der Waals surface area contributed by atoms with E-state index in [9.17, 15) is 0 Å². The second-order valence-corrected chi connectivity index (χ2v) is 3.92. The highest BCUT2D eigenvalue weighted by atomic mass is 14.9. The van der Waals surface area contributed by atoms with E-state index in [0.717, 1.165) is 16.9 Å². The van der Waals surface area contributed by atoms with Crippen molar-refractivity contribution in [1.82, 2.24) is 0 Å². The summed E-state index contributed by atoms with van der Waals surface area (Å²) in [5, 5.41) is 21.0. The number of aryl methyl sites for hydroxylation is 1. The lowest BCUT2D eigenvalue weighted by Gasteiger charge is -2.09. The molecule has 0 radical (unpaired) electrons. The van der Waals surface area contributed by atoms with Crippen LogP contribution in [0.1, 0.15) is 16.7 Å². The van der Waals surface area contributed by atoms with Crippen molar-refractivity contribution in [1.29, 1.82) is 10.5 Å². The van der Waals surface area contributed by atoms with Crippen LogP contribution in [0.15, 0.2) is 42.5 Å². The first kappa shape index (κ1) is 11.7. The van der Waals surface area contributed by atoms with Crippen LogP contribution in [-0.4, -0.2) is 0 Å². The molecule has 0 fully saturated rings. The fourth-order valence-electron chi connectivity index (χ4n) is 1.70. The van der Waals surface area contributed by atoms with E-state index in [4.69, 9.17) is 10.5 Å². The van der Waals surface area contributed by atoms with E-state index in [1.165, 1.54) is 0 Å². The van der Waals surface area contributed by atoms with Gasteiger partial charge in [0.05, 0.1) is 22.9 Å².